The van der Waals surface area contributed by atoms with E-state index in [2.05, 4.69) is 24.1 Å². The van der Waals surface area contributed by atoms with E-state index in [9.17, 15) is 13.6 Å². The highest BCUT2D eigenvalue weighted by Crippen LogP contribution is 2.37. The number of hydrogen-bond acceptors (Lipinski definition) is 6. The van der Waals surface area contributed by atoms with Gasteiger partial charge in [-0.25, -0.2) is 4.98 Å². The van der Waals surface area contributed by atoms with E-state index in [0.717, 1.165) is 19.3 Å². The van der Waals surface area contributed by atoms with Gasteiger partial charge in [-0.3, -0.25) is 9.20 Å². The fraction of sp³-hybridized carbons (Fsp3) is 0.440. The van der Waals surface area contributed by atoms with Gasteiger partial charge in [0.05, 0.1) is 19.0 Å². The number of halogens is 2. The van der Waals surface area contributed by atoms with Crippen LogP contribution in [0.3, 0.4) is 0 Å². The number of nitrogens with zero attached hydrogens (tertiary/aromatic N) is 2. The summed E-state index contributed by atoms with van der Waals surface area (Å²) in [6.07, 6.45) is 5.95. The number of aromatic nitrogens is 2. The Balaban J connectivity index is 1.64. The van der Waals surface area contributed by atoms with Crippen LogP contribution in [0.1, 0.15) is 43.5 Å². The Labute approximate surface area is 202 Å². The lowest BCUT2D eigenvalue weighted by Crippen LogP contribution is -2.29. The summed E-state index contributed by atoms with van der Waals surface area (Å²) < 4.78 is 44.1. The van der Waals surface area contributed by atoms with Crippen molar-refractivity contribution in [2.24, 2.45) is 11.7 Å². The molecule has 0 unspecified atom stereocenters. The first-order valence-corrected chi connectivity index (χ1v) is 11.6. The van der Waals surface area contributed by atoms with Crippen molar-refractivity contribution in [3.8, 4) is 28.5 Å². The van der Waals surface area contributed by atoms with Crippen LogP contribution in [0.5, 0.6) is 17.2 Å². The highest BCUT2D eigenvalue weighted by Gasteiger charge is 2.29. The molecule has 1 aliphatic rings. The summed E-state index contributed by atoms with van der Waals surface area (Å²) in [4.78, 5) is 17.2. The molecule has 3 aromatic rings. The summed E-state index contributed by atoms with van der Waals surface area (Å²) in [6, 6.07) is 6.54. The maximum atomic E-state index is 13.2. The van der Waals surface area contributed by atoms with Crippen LogP contribution < -0.4 is 25.3 Å². The number of ether oxygens (including phenoxy) is 3. The number of imidazole rings is 1. The highest BCUT2D eigenvalue weighted by molar-refractivity contribution is 6.01. The molecule has 4 rings (SSSR count). The lowest BCUT2D eigenvalue weighted by molar-refractivity contribution is -0.0502. The maximum Gasteiger partial charge on any atom is 0.387 e. The van der Waals surface area contributed by atoms with Gasteiger partial charge in [0.2, 0.25) is 0 Å². The topological polar surface area (TPSA) is 100 Å². The normalized spacial score (nSPS) is 14.4. The fourth-order valence-electron chi connectivity index (χ4n) is 3.94. The predicted octanol–water partition coefficient (Wildman–Crippen LogP) is 4.26. The van der Waals surface area contributed by atoms with Crippen molar-refractivity contribution >= 4 is 11.6 Å². The lowest BCUT2D eigenvalue weighted by Gasteiger charge is -2.16. The molecule has 1 aliphatic carbocycles. The first-order valence-electron chi connectivity index (χ1n) is 11.6. The molecule has 0 aliphatic heterocycles. The largest absolute Gasteiger partial charge is 0.496 e. The number of rotatable bonds is 11. The Morgan fingerprint density at radius 1 is 1.26 bits per heavy atom. The van der Waals surface area contributed by atoms with Gasteiger partial charge in [-0.15, -0.1) is 0 Å². The van der Waals surface area contributed by atoms with E-state index < -0.39 is 12.5 Å². The van der Waals surface area contributed by atoms with Gasteiger partial charge in [-0.2, -0.15) is 8.78 Å². The Bertz CT molecular complexity index is 1190. The van der Waals surface area contributed by atoms with Crippen molar-refractivity contribution < 1.29 is 27.8 Å². The first kappa shape index (κ1) is 24.7. The SMILES string of the molecule is COc1cc(-c2cnc3cc(OC[C@@H](N)CC(C)C)ccn23)cc(OC(F)F)c1C(=O)NC1CC1. The second-order valence-electron chi connectivity index (χ2n) is 9.11. The third kappa shape index (κ3) is 6.00. The maximum absolute atomic E-state index is 13.2. The zero-order chi connectivity index (χ0) is 25.1. The number of nitrogens with two attached hydrogens (primary N) is 1. The monoisotopic (exact) mass is 488 g/mol. The van der Waals surface area contributed by atoms with Gasteiger partial charge in [0, 0.05) is 29.9 Å². The number of nitrogens with one attached hydrogen (secondary N) is 1. The summed E-state index contributed by atoms with van der Waals surface area (Å²) in [7, 11) is 1.38. The lowest BCUT2D eigenvalue weighted by atomic mass is 10.1. The number of amides is 1. The summed E-state index contributed by atoms with van der Waals surface area (Å²) >= 11 is 0. The van der Waals surface area contributed by atoms with Crippen molar-refractivity contribution in [3.63, 3.8) is 0 Å². The summed E-state index contributed by atoms with van der Waals surface area (Å²) in [5, 5.41) is 2.79. The van der Waals surface area contributed by atoms with Gasteiger partial charge in [-0.1, -0.05) is 13.8 Å². The van der Waals surface area contributed by atoms with E-state index in [1.54, 1.807) is 35.0 Å². The zero-order valence-corrected chi connectivity index (χ0v) is 20.0. The molecule has 1 saturated carbocycles. The molecule has 3 N–H and O–H groups in total. The molecule has 0 spiro atoms. The number of hydrogen-bond donors (Lipinski definition) is 2. The van der Waals surface area contributed by atoms with Crippen molar-refractivity contribution in [1.82, 2.24) is 14.7 Å². The highest BCUT2D eigenvalue weighted by atomic mass is 19.3. The van der Waals surface area contributed by atoms with E-state index in [1.165, 1.54) is 13.2 Å². The van der Waals surface area contributed by atoms with Crippen LogP contribution in [0.15, 0.2) is 36.7 Å². The van der Waals surface area contributed by atoms with Crippen molar-refractivity contribution in [3.05, 3.63) is 42.2 Å². The summed E-state index contributed by atoms with van der Waals surface area (Å²) in [5.74, 6) is 0.460. The van der Waals surface area contributed by atoms with Crippen LogP contribution in [-0.2, 0) is 0 Å². The van der Waals surface area contributed by atoms with Crippen molar-refractivity contribution in [2.45, 2.75) is 51.8 Å². The second kappa shape index (κ2) is 10.5. The minimum Gasteiger partial charge on any atom is -0.496 e. The van der Waals surface area contributed by atoms with Crippen LogP contribution in [0.2, 0.25) is 0 Å². The van der Waals surface area contributed by atoms with Crippen LogP contribution in [-0.4, -0.2) is 47.7 Å². The molecule has 2 heterocycles. The Morgan fingerprint density at radius 3 is 2.66 bits per heavy atom. The number of benzene rings is 1. The van der Waals surface area contributed by atoms with Gasteiger partial charge >= 0.3 is 6.61 Å². The Hall–Kier alpha value is -3.40. The molecule has 1 fully saturated rings. The molecule has 0 bridgehead atoms. The van der Waals surface area contributed by atoms with Crippen molar-refractivity contribution in [1.29, 1.82) is 0 Å². The average Bonchev–Trinajstić information content (AvgIpc) is 3.51. The Morgan fingerprint density at radius 2 is 2.00 bits per heavy atom. The molecule has 1 aromatic carbocycles. The van der Waals surface area contributed by atoms with E-state index in [0.29, 0.717) is 35.2 Å². The summed E-state index contributed by atoms with van der Waals surface area (Å²) in [5.41, 5.74) is 7.74. The average molecular weight is 489 g/mol. The van der Waals surface area contributed by atoms with Crippen LogP contribution in [0.25, 0.3) is 16.9 Å². The molecule has 1 atom stereocenters. The molecule has 1 amide bonds. The minimum absolute atomic E-state index is 0.0430. The van der Waals surface area contributed by atoms with Crippen LogP contribution >= 0.6 is 0 Å². The number of fused-ring (bicyclic) bond motifs is 1. The molecule has 2 aromatic heterocycles. The Kier molecular flexibility index (Phi) is 7.39. The van der Waals surface area contributed by atoms with E-state index in [4.69, 9.17) is 19.9 Å². The molecule has 35 heavy (non-hydrogen) atoms. The zero-order valence-electron chi connectivity index (χ0n) is 20.0. The van der Waals surface area contributed by atoms with Crippen LogP contribution in [0.4, 0.5) is 8.78 Å². The van der Waals surface area contributed by atoms with Gasteiger partial charge in [0.25, 0.3) is 5.91 Å². The third-order valence-corrected chi connectivity index (χ3v) is 5.66. The van der Waals surface area contributed by atoms with Crippen molar-refractivity contribution in [2.75, 3.05) is 13.7 Å². The van der Waals surface area contributed by atoms with Crippen LogP contribution in [0, 0.1) is 5.92 Å². The number of pyridine rings is 1. The quantitative estimate of drug-likeness (QED) is 0.419. The number of methoxy groups -OCH3 is 1. The molecule has 0 saturated heterocycles. The fourth-order valence-corrected chi connectivity index (χ4v) is 3.94. The predicted molar refractivity (Wildman–Crippen MR) is 127 cm³/mol. The minimum atomic E-state index is -3.11. The number of carbonyl (C=O) groups is 1. The molecule has 8 nitrogen and oxygen atoms in total. The molecule has 188 valence electrons. The van der Waals surface area contributed by atoms with E-state index >= 15 is 0 Å². The first-order chi connectivity index (χ1) is 16.7. The van der Waals surface area contributed by atoms with Gasteiger partial charge in [-0.05, 0) is 43.4 Å². The van der Waals surface area contributed by atoms with E-state index in [1.807, 2.05) is 0 Å². The standard InChI is InChI=1S/C25H30F2N4O4/c1-14(2)8-16(28)13-34-18-6-7-31-19(12-29-22(31)11-18)15-9-20(33-3)23(21(10-15)35-25(26)27)24(32)30-17-4-5-17/h6-7,9-12,14,16-17,25H,4-5,8,13,28H2,1-3H3,(H,30,32)/t16-/m0/s1. The number of alkyl halides is 2. The van der Waals surface area contributed by atoms with Gasteiger partial charge < -0.3 is 25.3 Å². The molecule has 0 radical (unpaired) electrons. The molecule has 10 heteroatoms. The molecular formula is C25H30F2N4O4. The van der Waals surface area contributed by atoms with Gasteiger partial charge in [0.15, 0.2) is 0 Å². The summed E-state index contributed by atoms with van der Waals surface area (Å²) in [6.45, 7) is 1.50. The number of carbonyl (C=O) groups excluding carboxylic acids is 1. The smallest absolute Gasteiger partial charge is 0.387 e. The van der Waals surface area contributed by atoms with Gasteiger partial charge in [0.1, 0.15) is 35.1 Å². The third-order valence-electron chi connectivity index (χ3n) is 5.66. The second-order valence-corrected chi connectivity index (χ2v) is 9.11. The van der Waals surface area contributed by atoms with E-state index in [-0.39, 0.29) is 29.1 Å². The molecular weight excluding hydrogens is 458 g/mol.